The predicted octanol–water partition coefficient (Wildman–Crippen LogP) is 6.24. The van der Waals surface area contributed by atoms with E-state index >= 15 is 0 Å². The standard InChI is InChI=1S/C18H10Cl2N2S/c19-13-9-11-5-1-3-7-15(11)21-17(13)23-18-14(20)10-12-6-2-4-8-16(12)22-18/h1-10H. The van der Waals surface area contributed by atoms with Gasteiger partial charge in [-0.3, -0.25) is 0 Å². The van der Waals surface area contributed by atoms with Gasteiger partial charge in [0.1, 0.15) is 10.1 Å². The molecule has 0 amide bonds. The summed E-state index contributed by atoms with van der Waals surface area (Å²) in [6.45, 7) is 0. The normalized spacial score (nSPS) is 11.2. The maximum absolute atomic E-state index is 6.37. The number of pyridine rings is 2. The van der Waals surface area contributed by atoms with Crippen LogP contribution >= 0.6 is 35.0 Å². The zero-order chi connectivity index (χ0) is 15.8. The lowest BCUT2D eigenvalue weighted by Crippen LogP contribution is -1.88. The SMILES string of the molecule is Clc1cc2ccccc2nc1Sc1nc2ccccc2cc1Cl. The smallest absolute Gasteiger partial charge is 0.122 e. The number of rotatable bonds is 2. The second kappa shape index (κ2) is 6.00. The molecule has 0 atom stereocenters. The van der Waals surface area contributed by atoms with Crippen LogP contribution in [0.4, 0.5) is 0 Å². The molecule has 0 aliphatic heterocycles. The molecule has 112 valence electrons. The second-order valence-corrected chi connectivity index (χ2v) is 6.83. The third-order valence-electron chi connectivity index (χ3n) is 3.48. The van der Waals surface area contributed by atoms with Crippen molar-refractivity contribution in [2.24, 2.45) is 0 Å². The minimum atomic E-state index is 0.597. The number of benzene rings is 2. The number of hydrogen-bond acceptors (Lipinski definition) is 3. The number of para-hydroxylation sites is 2. The number of nitrogens with zero attached hydrogens (tertiary/aromatic N) is 2. The second-order valence-electron chi connectivity index (χ2n) is 5.04. The van der Waals surface area contributed by atoms with Gasteiger partial charge in [0, 0.05) is 10.8 Å². The van der Waals surface area contributed by atoms with Crippen LogP contribution in [0.5, 0.6) is 0 Å². The van der Waals surface area contributed by atoms with E-state index in [0.717, 1.165) is 21.8 Å². The van der Waals surface area contributed by atoms with Crippen LogP contribution < -0.4 is 0 Å². The summed E-state index contributed by atoms with van der Waals surface area (Å²) in [6.07, 6.45) is 0. The number of hydrogen-bond donors (Lipinski definition) is 0. The highest BCUT2D eigenvalue weighted by atomic mass is 35.5. The molecule has 4 rings (SSSR count). The van der Waals surface area contributed by atoms with Crippen molar-refractivity contribution < 1.29 is 0 Å². The first-order valence-corrected chi connectivity index (χ1v) is 8.56. The molecule has 0 saturated carbocycles. The first-order chi connectivity index (χ1) is 11.2. The Kier molecular flexibility index (Phi) is 3.85. The summed E-state index contributed by atoms with van der Waals surface area (Å²) in [4.78, 5) is 9.25. The van der Waals surface area contributed by atoms with Crippen molar-refractivity contribution in [1.29, 1.82) is 0 Å². The van der Waals surface area contributed by atoms with Crippen LogP contribution in [0, 0.1) is 0 Å². The van der Waals surface area contributed by atoms with E-state index in [-0.39, 0.29) is 0 Å². The summed E-state index contributed by atoms with van der Waals surface area (Å²) in [6, 6.07) is 19.6. The average Bonchev–Trinajstić information content (AvgIpc) is 2.56. The van der Waals surface area contributed by atoms with Gasteiger partial charge in [0.2, 0.25) is 0 Å². The molecule has 0 saturated heterocycles. The minimum Gasteiger partial charge on any atom is -0.239 e. The fourth-order valence-electron chi connectivity index (χ4n) is 2.38. The molecule has 0 bridgehead atoms. The maximum atomic E-state index is 6.37. The fraction of sp³-hybridized carbons (Fsp3) is 0. The Balaban J connectivity index is 1.81. The van der Waals surface area contributed by atoms with Gasteiger partial charge < -0.3 is 0 Å². The van der Waals surface area contributed by atoms with Crippen LogP contribution in [0.15, 0.2) is 70.7 Å². The van der Waals surface area contributed by atoms with Gasteiger partial charge in [-0.25, -0.2) is 9.97 Å². The monoisotopic (exact) mass is 356 g/mol. The molecular formula is C18H10Cl2N2S. The molecule has 2 aromatic carbocycles. The molecule has 0 spiro atoms. The summed E-state index contributed by atoms with van der Waals surface area (Å²) >= 11 is 14.1. The largest absolute Gasteiger partial charge is 0.239 e. The van der Waals surface area contributed by atoms with Crippen molar-refractivity contribution >= 4 is 56.8 Å². The Hall–Kier alpha value is -1.81. The lowest BCUT2D eigenvalue weighted by Gasteiger charge is -2.08. The van der Waals surface area contributed by atoms with Crippen LogP contribution in [-0.2, 0) is 0 Å². The van der Waals surface area contributed by atoms with Gasteiger partial charge >= 0.3 is 0 Å². The van der Waals surface area contributed by atoms with E-state index in [1.165, 1.54) is 11.8 Å². The van der Waals surface area contributed by atoms with Crippen molar-refractivity contribution in [2.75, 3.05) is 0 Å². The average molecular weight is 357 g/mol. The summed E-state index contributed by atoms with van der Waals surface area (Å²) in [5.41, 5.74) is 1.80. The van der Waals surface area contributed by atoms with Crippen LogP contribution in [0.25, 0.3) is 21.8 Å². The van der Waals surface area contributed by atoms with Gasteiger partial charge in [0.25, 0.3) is 0 Å². The Morgan fingerprint density at radius 1 is 0.652 bits per heavy atom. The van der Waals surface area contributed by atoms with Crippen LogP contribution in [0.2, 0.25) is 10.0 Å². The Labute approximate surface area is 147 Å². The highest BCUT2D eigenvalue weighted by molar-refractivity contribution is 7.99. The number of aromatic nitrogens is 2. The van der Waals surface area contributed by atoms with E-state index in [2.05, 4.69) is 9.97 Å². The summed E-state index contributed by atoms with van der Waals surface area (Å²) in [5.74, 6) is 0. The molecule has 2 nitrogen and oxygen atoms in total. The fourth-order valence-corrected chi connectivity index (χ4v) is 3.71. The van der Waals surface area contributed by atoms with Gasteiger partial charge in [-0.15, -0.1) is 0 Å². The lowest BCUT2D eigenvalue weighted by atomic mass is 10.2. The van der Waals surface area contributed by atoms with Gasteiger partial charge in [-0.2, -0.15) is 0 Å². The molecule has 4 aromatic rings. The molecule has 0 fully saturated rings. The van der Waals surface area contributed by atoms with Crippen LogP contribution in [-0.4, -0.2) is 9.97 Å². The van der Waals surface area contributed by atoms with Crippen molar-refractivity contribution in [1.82, 2.24) is 9.97 Å². The molecule has 0 unspecified atom stereocenters. The van der Waals surface area contributed by atoms with Crippen molar-refractivity contribution in [3.05, 3.63) is 70.7 Å². The zero-order valence-corrected chi connectivity index (χ0v) is 14.2. The first kappa shape index (κ1) is 14.8. The molecule has 5 heteroatoms. The highest BCUT2D eigenvalue weighted by Gasteiger charge is 2.12. The van der Waals surface area contributed by atoms with Crippen molar-refractivity contribution in [3.8, 4) is 0 Å². The maximum Gasteiger partial charge on any atom is 0.122 e. The molecule has 0 radical (unpaired) electrons. The van der Waals surface area contributed by atoms with Crippen molar-refractivity contribution in [3.63, 3.8) is 0 Å². The lowest BCUT2D eigenvalue weighted by molar-refractivity contribution is 1.14. The Bertz CT molecular complexity index is 951. The van der Waals surface area contributed by atoms with E-state index < -0.39 is 0 Å². The van der Waals surface area contributed by atoms with E-state index in [4.69, 9.17) is 23.2 Å². The zero-order valence-electron chi connectivity index (χ0n) is 11.8. The molecule has 23 heavy (non-hydrogen) atoms. The molecular weight excluding hydrogens is 347 g/mol. The van der Waals surface area contributed by atoms with E-state index in [0.29, 0.717) is 20.1 Å². The van der Waals surface area contributed by atoms with Gasteiger partial charge in [0.05, 0.1) is 21.1 Å². The highest BCUT2D eigenvalue weighted by Crippen LogP contribution is 2.37. The molecule has 0 N–H and O–H groups in total. The first-order valence-electron chi connectivity index (χ1n) is 6.99. The van der Waals surface area contributed by atoms with Gasteiger partial charge in [0.15, 0.2) is 0 Å². The van der Waals surface area contributed by atoms with Gasteiger partial charge in [-0.05, 0) is 36.0 Å². The molecule has 0 aliphatic carbocycles. The molecule has 2 aromatic heterocycles. The third kappa shape index (κ3) is 2.88. The van der Waals surface area contributed by atoms with Crippen LogP contribution in [0.1, 0.15) is 0 Å². The van der Waals surface area contributed by atoms with Crippen molar-refractivity contribution in [2.45, 2.75) is 10.1 Å². The Morgan fingerprint density at radius 2 is 1.09 bits per heavy atom. The summed E-state index contributed by atoms with van der Waals surface area (Å²) in [7, 11) is 0. The van der Waals surface area contributed by atoms with Gasteiger partial charge in [-0.1, -0.05) is 59.6 Å². The number of fused-ring (bicyclic) bond motifs is 2. The minimum absolute atomic E-state index is 0.597. The quantitative estimate of drug-likeness (QED) is 0.425. The van der Waals surface area contributed by atoms with E-state index in [1.54, 1.807) is 0 Å². The number of halogens is 2. The van der Waals surface area contributed by atoms with E-state index in [1.807, 2.05) is 60.7 Å². The predicted molar refractivity (Wildman–Crippen MR) is 97.6 cm³/mol. The summed E-state index contributed by atoms with van der Waals surface area (Å²) in [5, 5.41) is 4.63. The topological polar surface area (TPSA) is 25.8 Å². The molecule has 0 aliphatic rings. The summed E-state index contributed by atoms with van der Waals surface area (Å²) < 4.78 is 0. The van der Waals surface area contributed by atoms with E-state index in [9.17, 15) is 0 Å². The van der Waals surface area contributed by atoms with Crippen LogP contribution in [0.3, 0.4) is 0 Å². The third-order valence-corrected chi connectivity index (χ3v) is 5.29. The molecule has 2 heterocycles. The Morgan fingerprint density at radius 3 is 1.57 bits per heavy atom.